The Morgan fingerprint density at radius 2 is 1.73 bits per heavy atom. The summed E-state index contributed by atoms with van der Waals surface area (Å²) in [6.07, 6.45) is 4.49. The predicted octanol–water partition coefficient (Wildman–Crippen LogP) is 0.113. The van der Waals surface area contributed by atoms with E-state index in [1.54, 1.807) is 0 Å². The Labute approximate surface area is 90.6 Å². The summed E-state index contributed by atoms with van der Waals surface area (Å²) in [5.74, 6) is -0.0382. The monoisotopic (exact) mass is 212 g/mol. The Bertz CT molecular complexity index is 231. The van der Waals surface area contributed by atoms with Crippen molar-refractivity contribution in [2.75, 3.05) is 26.2 Å². The van der Waals surface area contributed by atoms with Gasteiger partial charge in [-0.25, -0.2) is 0 Å². The second-order valence-electron chi connectivity index (χ2n) is 4.63. The van der Waals surface area contributed by atoms with Gasteiger partial charge in [0, 0.05) is 13.1 Å². The van der Waals surface area contributed by atoms with Crippen LogP contribution in [0.1, 0.15) is 32.1 Å². The number of carbonyl (C=O) groups excluding carboxylic acids is 1. The Balaban J connectivity index is 1.98. The van der Waals surface area contributed by atoms with Crippen molar-refractivity contribution >= 4 is 5.91 Å². The normalized spacial score (nSPS) is 26.3. The van der Waals surface area contributed by atoms with Crippen molar-refractivity contribution in [3.05, 3.63) is 0 Å². The van der Waals surface area contributed by atoms with E-state index in [0.717, 1.165) is 39.0 Å². The molecular formula is C11H20N2O2. The van der Waals surface area contributed by atoms with Crippen LogP contribution in [0.15, 0.2) is 0 Å². The van der Waals surface area contributed by atoms with Crippen LogP contribution >= 0.6 is 0 Å². The fourth-order valence-electron chi connectivity index (χ4n) is 2.45. The molecule has 0 radical (unpaired) electrons. The van der Waals surface area contributed by atoms with Crippen LogP contribution in [0.5, 0.6) is 0 Å². The van der Waals surface area contributed by atoms with Crippen LogP contribution in [-0.2, 0) is 4.79 Å². The van der Waals surface area contributed by atoms with E-state index in [0.29, 0.717) is 12.8 Å². The summed E-state index contributed by atoms with van der Waals surface area (Å²) in [6, 6.07) is 0. The summed E-state index contributed by atoms with van der Waals surface area (Å²) in [7, 11) is 0. The highest BCUT2D eigenvalue weighted by molar-refractivity contribution is 5.85. The Hall–Kier alpha value is -0.610. The molecule has 2 heterocycles. The Morgan fingerprint density at radius 3 is 2.33 bits per heavy atom. The lowest BCUT2D eigenvalue weighted by Crippen LogP contribution is -2.55. The maximum atomic E-state index is 12.1. The molecule has 4 heteroatoms. The van der Waals surface area contributed by atoms with Crippen LogP contribution in [0, 0.1) is 0 Å². The van der Waals surface area contributed by atoms with E-state index in [9.17, 15) is 9.90 Å². The number of hydrogen-bond donors (Lipinski definition) is 2. The summed E-state index contributed by atoms with van der Waals surface area (Å²) in [5.41, 5.74) is -1.08. The lowest BCUT2D eigenvalue weighted by Gasteiger charge is -2.37. The first-order chi connectivity index (χ1) is 7.22. The van der Waals surface area contributed by atoms with Crippen LogP contribution in [0.3, 0.4) is 0 Å². The van der Waals surface area contributed by atoms with Crippen molar-refractivity contribution < 1.29 is 9.90 Å². The molecule has 4 nitrogen and oxygen atoms in total. The van der Waals surface area contributed by atoms with E-state index in [-0.39, 0.29) is 5.91 Å². The molecule has 0 atom stereocenters. The summed E-state index contributed by atoms with van der Waals surface area (Å²) in [4.78, 5) is 14.0. The largest absolute Gasteiger partial charge is 0.380 e. The van der Waals surface area contributed by atoms with Crippen molar-refractivity contribution in [2.45, 2.75) is 37.7 Å². The molecule has 0 spiro atoms. The summed E-state index contributed by atoms with van der Waals surface area (Å²) >= 11 is 0. The SMILES string of the molecule is O=C(N1CCCCC1)C1(O)CCNCC1. The van der Waals surface area contributed by atoms with Gasteiger partial charge in [-0.3, -0.25) is 4.79 Å². The maximum Gasteiger partial charge on any atom is 0.254 e. The van der Waals surface area contributed by atoms with Gasteiger partial charge >= 0.3 is 0 Å². The summed E-state index contributed by atoms with van der Waals surface area (Å²) in [6.45, 7) is 3.15. The number of piperidine rings is 2. The van der Waals surface area contributed by atoms with Crippen molar-refractivity contribution in [1.29, 1.82) is 0 Å². The second kappa shape index (κ2) is 4.49. The first kappa shape index (κ1) is 10.9. The lowest BCUT2D eigenvalue weighted by molar-refractivity contribution is -0.154. The topological polar surface area (TPSA) is 52.6 Å². The zero-order valence-electron chi connectivity index (χ0n) is 9.17. The summed E-state index contributed by atoms with van der Waals surface area (Å²) < 4.78 is 0. The Kier molecular flexibility index (Phi) is 3.26. The summed E-state index contributed by atoms with van der Waals surface area (Å²) in [5, 5.41) is 13.4. The number of aliphatic hydroxyl groups is 1. The minimum atomic E-state index is -1.08. The quantitative estimate of drug-likeness (QED) is 0.649. The van der Waals surface area contributed by atoms with Crippen molar-refractivity contribution in [3.8, 4) is 0 Å². The molecule has 0 unspecified atom stereocenters. The number of likely N-dealkylation sites (tertiary alicyclic amines) is 1. The van der Waals surface area contributed by atoms with Gasteiger partial charge in [-0.1, -0.05) is 0 Å². The number of nitrogens with one attached hydrogen (secondary N) is 1. The van der Waals surface area contributed by atoms with E-state index in [2.05, 4.69) is 5.32 Å². The number of amides is 1. The molecule has 2 fully saturated rings. The molecular weight excluding hydrogens is 192 g/mol. The van der Waals surface area contributed by atoms with E-state index in [4.69, 9.17) is 0 Å². The molecule has 2 N–H and O–H groups in total. The fraction of sp³-hybridized carbons (Fsp3) is 0.909. The molecule has 2 saturated heterocycles. The molecule has 0 aromatic rings. The smallest absolute Gasteiger partial charge is 0.254 e. The predicted molar refractivity (Wildman–Crippen MR) is 57.5 cm³/mol. The number of nitrogens with zero attached hydrogens (tertiary/aromatic N) is 1. The van der Waals surface area contributed by atoms with Gasteiger partial charge in [0.15, 0.2) is 0 Å². The van der Waals surface area contributed by atoms with Crippen molar-refractivity contribution in [2.24, 2.45) is 0 Å². The van der Waals surface area contributed by atoms with E-state index in [1.165, 1.54) is 6.42 Å². The minimum Gasteiger partial charge on any atom is -0.380 e. The first-order valence-electron chi connectivity index (χ1n) is 5.95. The van der Waals surface area contributed by atoms with Crippen LogP contribution < -0.4 is 5.32 Å². The van der Waals surface area contributed by atoms with Crippen LogP contribution in [0.25, 0.3) is 0 Å². The van der Waals surface area contributed by atoms with Gasteiger partial charge in [-0.15, -0.1) is 0 Å². The molecule has 2 rings (SSSR count). The highest BCUT2D eigenvalue weighted by atomic mass is 16.3. The molecule has 0 aliphatic carbocycles. The van der Waals surface area contributed by atoms with Crippen LogP contribution in [0.4, 0.5) is 0 Å². The zero-order chi connectivity index (χ0) is 10.7. The van der Waals surface area contributed by atoms with Gasteiger partial charge in [0.2, 0.25) is 0 Å². The fourth-order valence-corrected chi connectivity index (χ4v) is 2.45. The molecule has 0 aromatic heterocycles. The molecule has 15 heavy (non-hydrogen) atoms. The van der Waals surface area contributed by atoms with E-state index in [1.807, 2.05) is 4.90 Å². The molecule has 2 aliphatic rings. The number of rotatable bonds is 1. The van der Waals surface area contributed by atoms with Gasteiger partial charge < -0.3 is 15.3 Å². The van der Waals surface area contributed by atoms with Gasteiger partial charge in [-0.05, 0) is 45.2 Å². The third-order valence-electron chi connectivity index (χ3n) is 3.47. The van der Waals surface area contributed by atoms with Gasteiger partial charge in [0.05, 0.1) is 0 Å². The van der Waals surface area contributed by atoms with Gasteiger partial charge in [-0.2, -0.15) is 0 Å². The van der Waals surface area contributed by atoms with Crippen LogP contribution in [-0.4, -0.2) is 47.7 Å². The van der Waals surface area contributed by atoms with Crippen LogP contribution in [0.2, 0.25) is 0 Å². The van der Waals surface area contributed by atoms with Crippen molar-refractivity contribution in [1.82, 2.24) is 10.2 Å². The molecule has 0 aromatic carbocycles. The first-order valence-corrected chi connectivity index (χ1v) is 5.95. The van der Waals surface area contributed by atoms with E-state index < -0.39 is 5.60 Å². The van der Waals surface area contributed by atoms with Crippen molar-refractivity contribution in [3.63, 3.8) is 0 Å². The highest BCUT2D eigenvalue weighted by Gasteiger charge is 2.40. The molecule has 0 bridgehead atoms. The third-order valence-corrected chi connectivity index (χ3v) is 3.47. The molecule has 86 valence electrons. The Morgan fingerprint density at radius 1 is 1.13 bits per heavy atom. The molecule has 0 saturated carbocycles. The molecule has 1 amide bonds. The zero-order valence-corrected chi connectivity index (χ0v) is 9.17. The number of carbonyl (C=O) groups is 1. The standard InChI is InChI=1S/C11H20N2O2/c14-10(13-8-2-1-3-9-13)11(15)4-6-12-7-5-11/h12,15H,1-9H2. The number of hydrogen-bond acceptors (Lipinski definition) is 3. The average Bonchev–Trinajstić information content (AvgIpc) is 2.30. The maximum absolute atomic E-state index is 12.1. The third kappa shape index (κ3) is 2.32. The second-order valence-corrected chi connectivity index (χ2v) is 4.63. The van der Waals surface area contributed by atoms with Gasteiger partial charge in [0.1, 0.15) is 5.60 Å². The highest BCUT2D eigenvalue weighted by Crippen LogP contribution is 2.23. The average molecular weight is 212 g/mol. The molecule has 2 aliphatic heterocycles. The van der Waals surface area contributed by atoms with E-state index >= 15 is 0 Å². The van der Waals surface area contributed by atoms with Gasteiger partial charge in [0.25, 0.3) is 5.91 Å². The lowest BCUT2D eigenvalue weighted by atomic mass is 9.90. The minimum absolute atomic E-state index is 0.0382.